The van der Waals surface area contributed by atoms with E-state index in [0.29, 0.717) is 5.25 Å². The summed E-state index contributed by atoms with van der Waals surface area (Å²) in [5.74, 6) is 2.97. The second-order valence-corrected chi connectivity index (χ2v) is 6.96. The van der Waals surface area contributed by atoms with Crippen molar-refractivity contribution in [3.8, 4) is 0 Å². The summed E-state index contributed by atoms with van der Waals surface area (Å²) in [4.78, 5) is 6.94. The lowest BCUT2D eigenvalue weighted by atomic mass is 9.82. The van der Waals surface area contributed by atoms with E-state index in [4.69, 9.17) is 0 Å². The molecule has 0 radical (unpaired) electrons. The molecule has 2 fully saturated rings. The molecule has 104 valence electrons. The largest absolute Gasteiger partial charge is 0.355 e. The van der Waals surface area contributed by atoms with E-state index in [0.717, 1.165) is 24.3 Å². The predicted molar refractivity (Wildman–Crippen MR) is 81.4 cm³/mol. The maximum atomic E-state index is 4.46. The van der Waals surface area contributed by atoms with E-state index >= 15 is 0 Å². The lowest BCUT2D eigenvalue weighted by Gasteiger charge is -2.22. The van der Waals surface area contributed by atoms with Crippen LogP contribution in [0.4, 0.5) is 0 Å². The second-order valence-electron chi connectivity index (χ2n) is 5.68. The van der Waals surface area contributed by atoms with Crippen LogP contribution in [0.25, 0.3) is 0 Å². The van der Waals surface area contributed by atoms with Crippen molar-refractivity contribution in [3.05, 3.63) is 0 Å². The Morgan fingerprint density at radius 1 is 1.33 bits per heavy atom. The Morgan fingerprint density at radius 2 is 1.94 bits per heavy atom. The van der Waals surface area contributed by atoms with Crippen LogP contribution in [0.15, 0.2) is 4.99 Å². The van der Waals surface area contributed by atoms with Gasteiger partial charge in [-0.3, -0.25) is 4.99 Å². The van der Waals surface area contributed by atoms with Crippen molar-refractivity contribution < 1.29 is 0 Å². The van der Waals surface area contributed by atoms with Crippen LogP contribution in [0.5, 0.6) is 0 Å². The molecule has 0 spiro atoms. The van der Waals surface area contributed by atoms with Crippen LogP contribution in [-0.2, 0) is 0 Å². The average Bonchev–Trinajstić information content (AvgIpc) is 2.82. The van der Waals surface area contributed by atoms with Crippen molar-refractivity contribution in [1.29, 1.82) is 0 Å². The maximum absolute atomic E-state index is 4.46. The summed E-state index contributed by atoms with van der Waals surface area (Å²) in [6.45, 7) is 5.71. The number of guanidine groups is 1. The number of aliphatic imine (C=N–C) groups is 1. The summed E-state index contributed by atoms with van der Waals surface area (Å²) in [6.07, 6.45) is 7.90. The van der Waals surface area contributed by atoms with Gasteiger partial charge in [-0.2, -0.15) is 11.8 Å². The van der Waals surface area contributed by atoms with Gasteiger partial charge in [-0.1, -0.05) is 19.8 Å². The molecule has 18 heavy (non-hydrogen) atoms. The van der Waals surface area contributed by atoms with Crippen molar-refractivity contribution in [1.82, 2.24) is 10.2 Å². The molecule has 1 N–H and O–H groups in total. The smallest absolute Gasteiger partial charge is 0.193 e. The quantitative estimate of drug-likeness (QED) is 0.630. The zero-order valence-electron chi connectivity index (χ0n) is 12.0. The van der Waals surface area contributed by atoms with Crippen LogP contribution < -0.4 is 5.32 Å². The zero-order chi connectivity index (χ0) is 13.0. The van der Waals surface area contributed by atoms with Gasteiger partial charge in [-0.25, -0.2) is 0 Å². The topological polar surface area (TPSA) is 27.6 Å². The first kappa shape index (κ1) is 14.0. The lowest BCUT2D eigenvalue weighted by molar-refractivity contribution is 0.299. The Kier molecular flexibility index (Phi) is 5.22. The molecular weight excluding hydrogens is 242 g/mol. The molecule has 3 atom stereocenters. The summed E-state index contributed by atoms with van der Waals surface area (Å²) in [6, 6.07) is 0. The fourth-order valence-corrected chi connectivity index (χ4v) is 3.48. The number of nitrogens with one attached hydrogen (secondary N) is 1. The molecule has 4 heteroatoms. The van der Waals surface area contributed by atoms with E-state index in [2.05, 4.69) is 28.4 Å². The first-order chi connectivity index (χ1) is 8.74. The number of hydrogen-bond acceptors (Lipinski definition) is 2. The number of likely N-dealkylation sites (tertiary alicyclic amines) is 1. The molecule has 3 unspecified atom stereocenters. The van der Waals surface area contributed by atoms with Crippen LogP contribution in [0, 0.1) is 11.8 Å². The molecule has 1 heterocycles. The van der Waals surface area contributed by atoms with E-state index in [1.165, 1.54) is 38.8 Å². The lowest BCUT2D eigenvalue weighted by Crippen LogP contribution is -2.42. The number of nitrogens with zero attached hydrogens (tertiary/aromatic N) is 2. The Morgan fingerprint density at radius 3 is 2.44 bits per heavy atom. The third-order valence-electron chi connectivity index (χ3n) is 4.44. The average molecular weight is 269 g/mol. The number of thioether (sulfide) groups is 1. The van der Waals surface area contributed by atoms with Gasteiger partial charge in [-0.05, 0) is 30.9 Å². The minimum absolute atomic E-state index is 0.645. The molecule has 0 aromatic carbocycles. The van der Waals surface area contributed by atoms with E-state index in [1.807, 2.05) is 18.8 Å². The van der Waals surface area contributed by atoms with Crippen LogP contribution in [0.2, 0.25) is 0 Å². The van der Waals surface area contributed by atoms with Crippen molar-refractivity contribution in [2.45, 2.75) is 37.9 Å². The molecular formula is C14H27N3S. The molecule has 1 aliphatic heterocycles. The third-order valence-corrected chi connectivity index (χ3v) is 5.41. The van der Waals surface area contributed by atoms with Crippen LogP contribution in [-0.4, -0.2) is 49.0 Å². The molecule has 0 amide bonds. The van der Waals surface area contributed by atoms with Crippen LogP contribution in [0.1, 0.15) is 32.6 Å². The highest BCUT2D eigenvalue weighted by atomic mass is 32.2. The van der Waals surface area contributed by atoms with Gasteiger partial charge >= 0.3 is 0 Å². The van der Waals surface area contributed by atoms with Gasteiger partial charge in [0, 0.05) is 31.9 Å². The SMILES string of the molecule is CN=C(NCC(C)SC)N1CC2CCCCC2C1. The van der Waals surface area contributed by atoms with Crippen molar-refractivity contribution in [3.63, 3.8) is 0 Å². The van der Waals surface area contributed by atoms with E-state index in [-0.39, 0.29) is 0 Å². The molecule has 1 saturated carbocycles. The minimum atomic E-state index is 0.645. The molecule has 0 aromatic heterocycles. The van der Waals surface area contributed by atoms with Crippen molar-refractivity contribution in [2.75, 3.05) is 32.9 Å². The first-order valence-electron chi connectivity index (χ1n) is 7.23. The Bertz CT molecular complexity index is 279. The molecule has 1 saturated heterocycles. The van der Waals surface area contributed by atoms with Crippen LogP contribution >= 0.6 is 11.8 Å². The van der Waals surface area contributed by atoms with Gasteiger partial charge in [-0.15, -0.1) is 0 Å². The summed E-state index contributed by atoms with van der Waals surface area (Å²) in [5.41, 5.74) is 0. The van der Waals surface area contributed by atoms with Crippen LogP contribution in [0.3, 0.4) is 0 Å². The Balaban J connectivity index is 1.86. The Labute approximate surface area is 116 Å². The van der Waals surface area contributed by atoms with Crippen molar-refractivity contribution >= 4 is 17.7 Å². The zero-order valence-corrected chi connectivity index (χ0v) is 12.8. The fraction of sp³-hybridized carbons (Fsp3) is 0.929. The van der Waals surface area contributed by atoms with Gasteiger partial charge in [0.2, 0.25) is 0 Å². The van der Waals surface area contributed by atoms with Gasteiger partial charge < -0.3 is 10.2 Å². The van der Waals surface area contributed by atoms with Gasteiger partial charge in [0.25, 0.3) is 0 Å². The summed E-state index contributed by atoms with van der Waals surface area (Å²) < 4.78 is 0. The van der Waals surface area contributed by atoms with Gasteiger partial charge in [0.15, 0.2) is 5.96 Å². The summed E-state index contributed by atoms with van der Waals surface area (Å²) >= 11 is 1.90. The number of rotatable bonds is 3. The van der Waals surface area contributed by atoms with E-state index in [1.54, 1.807) is 0 Å². The van der Waals surface area contributed by atoms with Gasteiger partial charge in [0.05, 0.1) is 0 Å². The standard InChI is InChI=1S/C14H27N3S/c1-11(18-3)8-16-14(15-2)17-9-12-6-4-5-7-13(12)10-17/h11-13H,4-10H2,1-3H3,(H,15,16). The summed E-state index contributed by atoms with van der Waals surface area (Å²) in [7, 11) is 1.91. The third kappa shape index (κ3) is 3.34. The number of fused-ring (bicyclic) bond motifs is 1. The molecule has 3 nitrogen and oxygen atoms in total. The van der Waals surface area contributed by atoms with E-state index in [9.17, 15) is 0 Å². The van der Waals surface area contributed by atoms with Crippen molar-refractivity contribution in [2.24, 2.45) is 16.8 Å². The molecule has 0 aromatic rings. The number of hydrogen-bond donors (Lipinski definition) is 1. The fourth-order valence-electron chi connectivity index (χ4n) is 3.23. The van der Waals surface area contributed by atoms with E-state index < -0.39 is 0 Å². The first-order valence-corrected chi connectivity index (χ1v) is 8.51. The second kappa shape index (κ2) is 6.69. The Hall–Kier alpha value is -0.380. The minimum Gasteiger partial charge on any atom is -0.355 e. The highest BCUT2D eigenvalue weighted by Crippen LogP contribution is 2.35. The highest BCUT2D eigenvalue weighted by Gasteiger charge is 2.35. The highest BCUT2D eigenvalue weighted by molar-refractivity contribution is 7.99. The molecule has 0 bridgehead atoms. The molecule has 2 rings (SSSR count). The normalized spacial score (nSPS) is 30.2. The monoisotopic (exact) mass is 269 g/mol. The molecule has 1 aliphatic carbocycles. The predicted octanol–water partition coefficient (Wildman–Crippen LogP) is 2.44. The van der Waals surface area contributed by atoms with Gasteiger partial charge in [0.1, 0.15) is 0 Å². The molecule has 2 aliphatic rings. The summed E-state index contributed by atoms with van der Waals surface area (Å²) in [5, 5.41) is 4.17. The maximum Gasteiger partial charge on any atom is 0.193 e.